The van der Waals surface area contributed by atoms with Gasteiger partial charge in [0.1, 0.15) is 11.8 Å². The van der Waals surface area contributed by atoms with Crippen molar-refractivity contribution in [1.82, 2.24) is 29.4 Å². The molecule has 122 valence electrons. The number of fused-ring (bicyclic) bond motifs is 1. The fourth-order valence-electron chi connectivity index (χ4n) is 2.95. The summed E-state index contributed by atoms with van der Waals surface area (Å²) in [6.07, 6.45) is 0. The van der Waals surface area contributed by atoms with Crippen LogP contribution in [-0.2, 0) is 26.7 Å². The summed E-state index contributed by atoms with van der Waals surface area (Å²) in [5, 5.41) is 21.5. The molecule has 1 aliphatic rings. The molecule has 0 N–H and O–H groups in total. The summed E-state index contributed by atoms with van der Waals surface area (Å²) in [7, 11) is 1.98. The van der Waals surface area contributed by atoms with Gasteiger partial charge in [-0.3, -0.25) is 9.58 Å². The molecule has 4 heterocycles. The fourth-order valence-corrected chi connectivity index (χ4v) is 2.95. The van der Waals surface area contributed by atoms with E-state index in [2.05, 4.69) is 26.3 Å². The maximum absolute atomic E-state index is 8.95. The summed E-state index contributed by atoms with van der Waals surface area (Å²) in [5.41, 5.74) is 3.56. The Hall–Kier alpha value is -2.92. The molecule has 0 unspecified atom stereocenters. The number of aromatic nitrogens is 5. The Morgan fingerprint density at radius 1 is 1.29 bits per heavy atom. The van der Waals surface area contributed by atoms with Gasteiger partial charge in [0.05, 0.1) is 18.8 Å². The lowest BCUT2D eigenvalue weighted by molar-refractivity contribution is 0.188. The van der Waals surface area contributed by atoms with Gasteiger partial charge in [0, 0.05) is 25.8 Å². The zero-order valence-electron chi connectivity index (χ0n) is 13.6. The molecule has 8 nitrogen and oxygen atoms in total. The normalized spacial score (nSPS) is 14.5. The molecule has 0 saturated heterocycles. The van der Waals surface area contributed by atoms with Crippen LogP contribution in [0.3, 0.4) is 0 Å². The molecular formula is C16H17N7O. The highest BCUT2D eigenvalue weighted by Crippen LogP contribution is 2.21. The molecule has 0 spiro atoms. The van der Waals surface area contributed by atoms with Gasteiger partial charge in [0.2, 0.25) is 5.89 Å². The van der Waals surface area contributed by atoms with Crippen LogP contribution >= 0.6 is 0 Å². The van der Waals surface area contributed by atoms with Crippen molar-refractivity contribution >= 4 is 0 Å². The minimum atomic E-state index is 0.464. The number of hydrogen-bond acceptors (Lipinski definition) is 6. The number of hydrogen-bond donors (Lipinski definition) is 0. The standard InChI is InChI=1S/C16H17N7O/c1-11-3-4-14(21(11)2)16-19-18-15(24-16)10-22-5-6-23-13(9-22)7-12(8-17)20-23/h3-4,7H,5-6,9-10H2,1-2H3. The lowest BCUT2D eigenvalue weighted by Gasteiger charge is -2.25. The Kier molecular flexibility index (Phi) is 3.43. The molecule has 4 rings (SSSR count). The Labute approximate surface area is 138 Å². The maximum Gasteiger partial charge on any atom is 0.264 e. The number of aryl methyl sites for hydroxylation is 1. The summed E-state index contributed by atoms with van der Waals surface area (Å²) >= 11 is 0. The minimum Gasteiger partial charge on any atom is -0.418 e. The van der Waals surface area contributed by atoms with Crippen LogP contribution in [0.25, 0.3) is 11.6 Å². The Balaban J connectivity index is 1.49. The van der Waals surface area contributed by atoms with Crippen LogP contribution in [0.1, 0.15) is 23.0 Å². The third kappa shape index (κ3) is 2.49. The zero-order chi connectivity index (χ0) is 16.7. The predicted molar refractivity (Wildman–Crippen MR) is 84.5 cm³/mol. The van der Waals surface area contributed by atoms with Crippen LogP contribution in [0.15, 0.2) is 22.6 Å². The molecule has 1 aliphatic heterocycles. The van der Waals surface area contributed by atoms with Crippen molar-refractivity contribution in [2.75, 3.05) is 6.54 Å². The van der Waals surface area contributed by atoms with Crippen molar-refractivity contribution in [2.24, 2.45) is 7.05 Å². The van der Waals surface area contributed by atoms with E-state index in [1.54, 1.807) is 0 Å². The van der Waals surface area contributed by atoms with E-state index in [-0.39, 0.29) is 0 Å². The number of nitriles is 1. The predicted octanol–water partition coefficient (Wildman–Crippen LogP) is 1.47. The molecule has 3 aromatic heterocycles. The number of rotatable bonds is 3. The molecule has 0 aliphatic carbocycles. The van der Waals surface area contributed by atoms with E-state index in [1.165, 1.54) is 0 Å². The summed E-state index contributed by atoms with van der Waals surface area (Å²) in [6, 6.07) is 7.92. The van der Waals surface area contributed by atoms with Crippen LogP contribution in [-0.4, -0.2) is 36.0 Å². The molecule has 0 radical (unpaired) electrons. The number of nitrogens with zero attached hydrogens (tertiary/aromatic N) is 7. The second-order valence-corrected chi connectivity index (χ2v) is 5.99. The molecule has 0 aromatic carbocycles. The van der Waals surface area contributed by atoms with E-state index in [1.807, 2.05) is 41.4 Å². The van der Waals surface area contributed by atoms with Gasteiger partial charge in [0.15, 0.2) is 5.69 Å². The van der Waals surface area contributed by atoms with Crippen molar-refractivity contribution in [3.8, 4) is 17.7 Å². The van der Waals surface area contributed by atoms with Crippen LogP contribution in [0.2, 0.25) is 0 Å². The third-order valence-corrected chi connectivity index (χ3v) is 4.41. The molecule has 3 aromatic rings. The first-order chi connectivity index (χ1) is 11.6. The van der Waals surface area contributed by atoms with E-state index in [0.29, 0.717) is 24.0 Å². The quantitative estimate of drug-likeness (QED) is 0.725. The average Bonchev–Trinajstić information content (AvgIpc) is 3.27. The minimum absolute atomic E-state index is 0.464. The molecule has 0 amide bonds. The monoisotopic (exact) mass is 323 g/mol. The summed E-state index contributed by atoms with van der Waals surface area (Å²) in [5.74, 6) is 1.13. The fraction of sp³-hybridized carbons (Fsp3) is 0.375. The van der Waals surface area contributed by atoms with E-state index in [4.69, 9.17) is 9.68 Å². The van der Waals surface area contributed by atoms with Crippen molar-refractivity contribution in [3.63, 3.8) is 0 Å². The first kappa shape index (κ1) is 14.7. The van der Waals surface area contributed by atoms with Crippen LogP contribution in [0, 0.1) is 18.3 Å². The highest BCUT2D eigenvalue weighted by Gasteiger charge is 2.21. The highest BCUT2D eigenvalue weighted by molar-refractivity contribution is 5.48. The van der Waals surface area contributed by atoms with Gasteiger partial charge >= 0.3 is 0 Å². The second-order valence-electron chi connectivity index (χ2n) is 5.99. The summed E-state index contributed by atoms with van der Waals surface area (Å²) in [4.78, 5) is 2.21. The molecule has 0 bridgehead atoms. The second kappa shape index (κ2) is 5.62. The van der Waals surface area contributed by atoms with Gasteiger partial charge in [0.25, 0.3) is 5.89 Å². The highest BCUT2D eigenvalue weighted by atomic mass is 16.4. The Bertz CT molecular complexity index is 927. The van der Waals surface area contributed by atoms with Gasteiger partial charge in [-0.1, -0.05) is 0 Å². The van der Waals surface area contributed by atoms with Crippen molar-refractivity contribution in [2.45, 2.75) is 26.6 Å². The molecule has 0 saturated carbocycles. The zero-order valence-corrected chi connectivity index (χ0v) is 13.6. The molecular weight excluding hydrogens is 306 g/mol. The molecule has 24 heavy (non-hydrogen) atoms. The topological polar surface area (TPSA) is 88.7 Å². The lowest BCUT2D eigenvalue weighted by Crippen LogP contribution is -2.33. The van der Waals surface area contributed by atoms with E-state index < -0.39 is 0 Å². The van der Waals surface area contributed by atoms with Crippen LogP contribution in [0.4, 0.5) is 0 Å². The molecule has 8 heteroatoms. The largest absolute Gasteiger partial charge is 0.418 e. The van der Waals surface area contributed by atoms with Crippen LogP contribution in [0.5, 0.6) is 0 Å². The smallest absolute Gasteiger partial charge is 0.264 e. The van der Waals surface area contributed by atoms with Gasteiger partial charge in [-0.2, -0.15) is 10.4 Å². The van der Waals surface area contributed by atoms with Crippen molar-refractivity contribution in [3.05, 3.63) is 41.2 Å². The Morgan fingerprint density at radius 3 is 2.92 bits per heavy atom. The first-order valence-electron chi connectivity index (χ1n) is 7.78. The first-order valence-corrected chi connectivity index (χ1v) is 7.78. The van der Waals surface area contributed by atoms with Gasteiger partial charge < -0.3 is 8.98 Å². The van der Waals surface area contributed by atoms with E-state index in [0.717, 1.165) is 36.7 Å². The van der Waals surface area contributed by atoms with Crippen molar-refractivity contribution in [1.29, 1.82) is 5.26 Å². The average molecular weight is 323 g/mol. The van der Waals surface area contributed by atoms with Gasteiger partial charge in [-0.25, -0.2) is 0 Å². The molecule has 0 atom stereocenters. The van der Waals surface area contributed by atoms with E-state index in [9.17, 15) is 0 Å². The summed E-state index contributed by atoms with van der Waals surface area (Å²) in [6.45, 7) is 4.93. The third-order valence-electron chi connectivity index (χ3n) is 4.41. The maximum atomic E-state index is 8.95. The SMILES string of the molecule is Cc1ccc(-c2nnc(CN3CCn4nc(C#N)cc4C3)o2)n1C. The van der Waals surface area contributed by atoms with Crippen LogP contribution < -0.4 is 0 Å². The Morgan fingerprint density at radius 2 is 2.17 bits per heavy atom. The summed E-state index contributed by atoms with van der Waals surface area (Å²) < 4.78 is 9.74. The van der Waals surface area contributed by atoms with E-state index >= 15 is 0 Å². The lowest BCUT2D eigenvalue weighted by atomic mass is 10.3. The van der Waals surface area contributed by atoms with Crippen molar-refractivity contribution < 1.29 is 4.42 Å². The van der Waals surface area contributed by atoms with Gasteiger partial charge in [-0.15, -0.1) is 10.2 Å². The molecule has 0 fully saturated rings. The van der Waals surface area contributed by atoms with Gasteiger partial charge in [-0.05, 0) is 25.1 Å².